The third-order valence-corrected chi connectivity index (χ3v) is 1.85. The van der Waals surface area contributed by atoms with Gasteiger partial charge < -0.3 is 21.9 Å². The second kappa shape index (κ2) is 5.48. The number of non-ortho nitro benzene ring substituents is 1. The van der Waals surface area contributed by atoms with E-state index >= 15 is 0 Å². The molecule has 0 radical (unpaired) electrons. The molecule has 96 valence electrons. The van der Waals surface area contributed by atoms with E-state index in [9.17, 15) is 10.1 Å². The van der Waals surface area contributed by atoms with E-state index in [1.807, 2.05) is 0 Å². The predicted octanol–water partition coefficient (Wildman–Crippen LogP) is -0.177. The second-order valence-corrected chi connectivity index (χ2v) is 3.12. The van der Waals surface area contributed by atoms with Crippen molar-refractivity contribution in [2.75, 3.05) is 7.11 Å². The van der Waals surface area contributed by atoms with Crippen LogP contribution in [-0.2, 0) is 0 Å². The Morgan fingerprint density at radius 3 is 2.56 bits per heavy atom. The van der Waals surface area contributed by atoms with Gasteiger partial charge in [0.05, 0.1) is 18.1 Å². The number of hydrogen-bond acceptors (Lipinski definition) is 4. The lowest BCUT2D eigenvalue weighted by atomic mass is 10.2. The predicted molar refractivity (Wildman–Crippen MR) is 66.7 cm³/mol. The molecule has 1 aromatic carbocycles. The fraction of sp³-hybridized carbons (Fsp3) is 0.111. The maximum absolute atomic E-state index is 10.6. The van der Waals surface area contributed by atoms with E-state index in [-0.39, 0.29) is 29.0 Å². The smallest absolute Gasteiger partial charge is 0.273 e. The van der Waals surface area contributed by atoms with Gasteiger partial charge >= 0.3 is 0 Å². The Morgan fingerprint density at radius 2 is 2.06 bits per heavy atom. The van der Waals surface area contributed by atoms with Crippen LogP contribution >= 0.6 is 0 Å². The molecule has 0 aromatic heterocycles. The van der Waals surface area contributed by atoms with Crippen LogP contribution < -0.4 is 21.9 Å². The second-order valence-electron chi connectivity index (χ2n) is 3.12. The fourth-order valence-corrected chi connectivity index (χ4v) is 1.15. The van der Waals surface area contributed by atoms with Crippen LogP contribution in [0.25, 0.3) is 0 Å². The number of guanidine groups is 2. The van der Waals surface area contributed by atoms with Crippen LogP contribution in [-0.4, -0.2) is 24.0 Å². The highest BCUT2D eigenvalue weighted by Crippen LogP contribution is 2.31. The van der Waals surface area contributed by atoms with E-state index < -0.39 is 4.92 Å². The molecular formula is C9H12N6O3. The molecule has 0 aliphatic heterocycles. The van der Waals surface area contributed by atoms with Gasteiger partial charge in [-0.1, -0.05) is 0 Å². The van der Waals surface area contributed by atoms with Crippen molar-refractivity contribution in [3.05, 3.63) is 28.3 Å². The number of benzene rings is 1. The van der Waals surface area contributed by atoms with Crippen molar-refractivity contribution in [3.63, 3.8) is 0 Å². The minimum absolute atomic E-state index is 0.119. The van der Waals surface area contributed by atoms with Gasteiger partial charge in [-0.3, -0.25) is 10.1 Å². The van der Waals surface area contributed by atoms with Crippen molar-refractivity contribution in [1.29, 1.82) is 0 Å². The number of nitro benzene ring substituents is 1. The molecule has 0 spiro atoms. The van der Waals surface area contributed by atoms with Crippen molar-refractivity contribution in [1.82, 2.24) is 0 Å². The van der Waals surface area contributed by atoms with Gasteiger partial charge in [0, 0.05) is 6.07 Å². The summed E-state index contributed by atoms with van der Waals surface area (Å²) in [5.41, 5.74) is 15.9. The Balaban J connectivity index is 3.18. The number of nitrogens with two attached hydrogens (primary N) is 3. The molecular weight excluding hydrogens is 240 g/mol. The number of ether oxygens (including phenoxy) is 1. The van der Waals surface area contributed by atoms with Gasteiger partial charge in [-0.2, -0.15) is 4.99 Å². The first kappa shape index (κ1) is 13.2. The first-order valence-electron chi connectivity index (χ1n) is 4.70. The maximum atomic E-state index is 10.6. The fourth-order valence-electron chi connectivity index (χ4n) is 1.15. The number of nitrogens with zero attached hydrogens (tertiary/aromatic N) is 3. The number of nitro groups is 1. The van der Waals surface area contributed by atoms with Crippen molar-refractivity contribution >= 4 is 23.3 Å². The van der Waals surface area contributed by atoms with Gasteiger partial charge in [-0.25, -0.2) is 4.99 Å². The molecule has 0 unspecified atom stereocenters. The van der Waals surface area contributed by atoms with E-state index in [4.69, 9.17) is 21.9 Å². The van der Waals surface area contributed by atoms with Crippen LogP contribution in [0.2, 0.25) is 0 Å². The molecule has 9 nitrogen and oxygen atoms in total. The lowest BCUT2D eigenvalue weighted by Gasteiger charge is -2.04. The van der Waals surface area contributed by atoms with E-state index in [0.29, 0.717) is 0 Å². The van der Waals surface area contributed by atoms with Crippen molar-refractivity contribution in [2.45, 2.75) is 0 Å². The highest BCUT2D eigenvalue weighted by atomic mass is 16.6. The molecule has 0 heterocycles. The summed E-state index contributed by atoms with van der Waals surface area (Å²) >= 11 is 0. The Bertz CT molecular complexity index is 521. The standard InChI is InChI=1S/C9H12N6O3/c1-18-7-4-5(15(16)17)2-3-6(7)13-9(12)14-8(10)11/h2-4H,1H3,(H6,10,11,12,13,14). The van der Waals surface area contributed by atoms with Crippen LogP contribution in [0.3, 0.4) is 0 Å². The summed E-state index contributed by atoms with van der Waals surface area (Å²) in [6, 6.07) is 3.87. The lowest BCUT2D eigenvalue weighted by molar-refractivity contribution is -0.384. The zero-order valence-electron chi connectivity index (χ0n) is 9.53. The summed E-state index contributed by atoms with van der Waals surface area (Å²) in [5, 5.41) is 10.6. The topological polar surface area (TPSA) is 155 Å². The Kier molecular flexibility index (Phi) is 4.02. The van der Waals surface area contributed by atoms with Crippen molar-refractivity contribution < 1.29 is 9.66 Å². The molecule has 1 rings (SSSR count). The van der Waals surface area contributed by atoms with Gasteiger partial charge in [0.1, 0.15) is 5.69 Å². The SMILES string of the molecule is COc1cc([N+](=O)[O-])ccc1N=C(N)N=C(N)N. The number of rotatable bonds is 3. The molecule has 0 aliphatic rings. The van der Waals surface area contributed by atoms with Crippen LogP contribution in [0.5, 0.6) is 5.75 Å². The summed E-state index contributed by atoms with van der Waals surface area (Å²) < 4.78 is 4.96. The minimum atomic E-state index is -0.546. The molecule has 0 atom stereocenters. The van der Waals surface area contributed by atoms with Crippen LogP contribution in [0.15, 0.2) is 28.2 Å². The quantitative estimate of drug-likeness (QED) is 0.293. The van der Waals surface area contributed by atoms with Crippen LogP contribution in [0.4, 0.5) is 11.4 Å². The van der Waals surface area contributed by atoms with E-state index in [2.05, 4.69) is 9.98 Å². The molecule has 0 saturated heterocycles. The molecule has 0 amide bonds. The van der Waals surface area contributed by atoms with Gasteiger partial charge in [-0.05, 0) is 6.07 Å². The third-order valence-electron chi connectivity index (χ3n) is 1.85. The Morgan fingerprint density at radius 1 is 1.39 bits per heavy atom. The van der Waals surface area contributed by atoms with Gasteiger partial charge in [0.25, 0.3) is 5.69 Å². The first-order valence-corrected chi connectivity index (χ1v) is 4.70. The average Bonchev–Trinajstić information content (AvgIpc) is 2.27. The number of methoxy groups -OCH3 is 1. The number of hydrogen-bond donors (Lipinski definition) is 3. The number of aliphatic imine (C=N–C) groups is 2. The molecule has 0 saturated carbocycles. The normalized spacial score (nSPS) is 10.8. The van der Waals surface area contributed by atoms with Crippen LogP contribution in [0.1, 0.15) is 0 Å². The summed E-state index contributed by atoms with van der Waals surface area (Å²) in [4.78, 5) is 17.4. The van der Waals surface area contributed by atoms with Gasteiger partial charge in [0.2, 0.25) is 5.96 Å². The third kappa shape index (κ3) is 3.33. The maximum Gasteiger partial charge on any atom is 0.273 e. The molecule has 9 heteroatoms. The van der Waals surface area contributed by atoms with Gasteiger partial charge in [0.15, 0.2) is 11.7 Å². The average molecular weight is 252 g/mol. The highest BCUT2D eigenvalue weighted by Gasteiger charge is 2.11. The summed E-state index contributed by atoms with van der Waals surface area (Å²) in [5.74, 6) is -0.225. The molecule has 0 bridgehead atoms. The van der Waals surface area contributed by atoms with E-state index in [0.717, 1.165) is 0 Å². The summed E-state index contributed by atoms with van der Waals surface area (Å²) in [7, 11) is 1.36. The molecule has 1 aromatic rings. The van der Waals surface area contributed by atoms with Crippen molar-refractivity contribution in [3.8, 4) is 5.75 Å². The van der Waals surface area contributed by atoms with Crippen molar-refractivity contribution in [2.24, 2.45) is 27.2 Å². The largest absolute Gasteiger partial charge is 0.494 e. The molecule has 0 aliphatic carbocycles. The Labute approximate surface area is 102 Å². The Hall–Kier alpha value is -2.84. The summed E-state index contributed by atoms with van der Waals surface area (Å²) in [6.07, 6.45) is 0. The van der Waals surface area contributed by atoms with Gasteiger partial charge in [-0.15, -0.1) is 0 Å². The zero-order chi connectivity index (χ0) is 13.7. The van der Waals surface area contributed by atoms with Crippen LogP contribution in [0, 0.1) is 10.1 Å². The lowest BCUT2D eigenvalue weighted by Crippen LogP contribution is -2.26. The molecule has 6 N–H and O–H groups in total. The molecule has 18 heavy (non-hydrogen) atoms. The first-order chi connectivity index (χ1) is 8.43. The highest BCUT2D eigenvalue weighted by molar-refractivity contribution is 5.93. The summed E-state index contributed by atoms with van der Waals surface area (Å²) in [6.45, 7) is 0. The molecule has 0 fully saturated rings. The minimum Gasteiger partial charge on any atom is -0.494 e. The monoisotopic (exact) mass is 252 g/mol. The van der Waals surface area contributed by atoms with E-state index in [1.54, 1.807) is 0 Å². The zero-order valence-corrected chi connectivity index (χ0v) is 9.53. The van der Waals surface area contributed by atoms with E-state index in [1.165, 1.54) is 25.3 Å².